The van der Waals surface area contributed by atoms with E-state index >= 15 is 0 Å². The van der Waals surface area contributed by atoms with Crippen molar-refractivity contribution in [1.29, 1.82) is 0 Å². The van der Waals surface area contributed by atoms with Crippen molar-refractivity contribution in [2.45, 2.75) is 45.3 Å². The van der Waals surface area contributed by atoms with Crippen molar-refractivity contribution in [3.8, 4) is 11.5 Å². The van der Waals surface area contributed by atoms with Crippen LogP contribution in [0, 0.1) is 0 Å². The summed E-state index contributed by atoms with van der Waals surface area (Å²) in [4.78, 5) is 0. The van der Waals surface area contributed by atoms with Gasteiger partial charge in [-0.1, -0.05) is 6.92 Å². The summed E-state index contributed by atoms with van der Waals surface area (Å²) in [5, 5.41) is 0. The smallest absolute Gasteiger partial charge is 0.123 e. The zero-order valence-corrected chi connectivity index (χ0v) is 9.25. The van der Waals surface area contributed by atoms with Crippen LogP contribution in [0.5, 0.6) is 11.5 Å². The van der Waals surface area contributed by atoms with Crippen LogP contribution in [0.3, 0.4) is 0 Å². The molecular formula is C13H16O2. The molecule has 2 heterocycles. The highest BCUT2D eigenvalue weighted by Crippen LogP contribution is 2.39. The minimum absolute atomic E-state index is 0.324. The Kier molecular flexibility index (Phi) is 1.91. The van der Waals surface area contributed by atoms with Gasteiger partial charge < -0.3 is 9.47 Å². The molecule has 2 heteroatoms. The topological polar surface area (TPSA) is 18.5 Å². The first-order valence-corrected chi connectivity index (χ1v) is 5.75. The minimum atomic E-state index is 0.324. The van der Waals surface area contributed by atoms with Crippen LogP contribution in [-0.4, -0.2) is 12.2 Å². The Bertz CT molecular complexity index is 363. The van der Waals surface area contributed by atoms with Crippen LogP contribution < -0.4 is 9.47 Å². The van der Waals surface area contributed by atoms with Gasteiger partial charge >= 0.3 is 0 Å². The van der Waals surface area contributed by atoms with Gasteiger partial charge in [-0.05, 0) is 25.5 Å². The predicted molar refractivity (Wildman–Crippen MR) is 58.6 cm³/mol. The van der Waals surface area contributed by atoms with Crippen LogP contribution in [0.25, 0.3) is 0 Å². The van der Waals surface area contributed by atoms with Crippen molar-refractivity contribution in [2.24, 2.45) is 0 Å². The Hall–Kier alpha value is -1.18. The first kappa shape index (κ1) is 9.08. The van der Waals surface area contributed by atoms with Gasteiger partial charge in [-0.2, -0.15) is 0 Å². The quantitative estimate of drug-likeness (QED) is 0.700. The monoisotopic (exact) mass is 204 g/mol. The molecule has 0 N–H and O–H groups in total. The zero-order chi connectivity index (χ0) is 10.4. The van der Waals surface area contributed by atoms with E-state index in [0.29, 0.717) is 12.2 Å². The fourth-order valence-corrected chi connectivity index (χ4v) is 2.44. The first-order chi connectivity index (χ1) is 7.26. The lowest BCUT2D eigenvalue weighted by molar-refractivity contribution is 0.228. The SMILES string of the molecule is CCC1Cc2cc3c(cc2O1)CC(C)O3. The lowest BCUT2D eigenvalue weighted by Gasteiger charge is -2.06. The fourth-order valence-electron chi connectivity index (χ4n) is 2.44. The Balaban J connectivity index is 1.96. The summed E-state index contributed by atoms with van der Waals surface area (Å²) >= 11 is 0. The predicted octanol–water partition coefficient (Wildman–Crippen LogP) is 2.72. The molecule has 1 aromatic carbocycles. The van der Waals surface area contributed by atoms with Crippen molar-refractivity contribution in [2.75, 3.05) is 0 Å². The van der Waals surface area contributed by atoms with Gasteiger partial charge in [0.2, 0.25) is 0 Å². The number of hydrogen-bond donors (Lipinski definition) is 0. The molecule has 2 nitrogen and oxygen atoms in total. The molecule has 0 saturated carbocycles. The van der Waals surface area contributed by atoms with E-state index in [1.54, 1.807) is 0 Å². The Morgan fingerprint density at radius 2 is 1.80 bits per heavy atom. The first-order valence-electron chi connectivity index (χ1n) is 5.75. The average molecular weight is 204 g/mol. The van der Waals surface area contributed by atoms with Crippen LogP contribution in [0.15, 0.2) is 12.1 Å². The third kappa shape index (κ3) is 1.39. The minimum Gasteiger partial charge on any atom is -0.490 e. The lowest BCUT2D eigenvalue weighted by atomic mass is 10.0. The fraction of sp³-hybridized carbons (Fsp3) is 0.538. The zero-order valence-electron chi connectivity index (χ0n) is 9.25. The summed E-state index contributed by atoms with van der Waals surface area (Å²) in [7, 11) is 0. The van der Waals surface area contributed by atoms with Crippen LogP contribution >= 0.6 is 0 Å². The molecule has 0 radical (unpaired) electrons. The second kappa shape index (κ2) is 3.16. The molecular weight excluding hydrogens is 188 g/mol. The maximum absolute atomic E-state index is 5.86. The Labute approximate surface area is 90.2 Å². The molecule has 2 aliphatic rings. The van der Waals surface area contributed by atoms with Crippen molar-refractivity contribution >= 4 is 0 Å². The maximum atomic E-state index is 5.86. The summed E-state index contributed by atoms with van der Waals surface area (Å²) in [6.07, 6.45) is 3.83. The van der Waals surface area contributed by atoms with Crippen LogP contribution in [0.2, 0.25) is 0 Å². The third-order valence-corrected chi connectivity index (χ3v) is 3.28. The molecule has 1 aromatic rings. The van der Waals surface area contributed by atoms with E-state index < -0.39 is 0 Å². The molecule has 0 spiro atoms. The van der Waals surface area contributed by atoms with Gasteiger partial charge in [0.1, 0.15) is 23.7 Å². The number of hydrogen-bond acceptors (Lipinski definition) is 2. The molecule has 0 amide bonds. The summed E-state index contributed by atoms with van der Waals surface area (Å²) in [6, 6.07) is 4.34. The molecule has 2 unspecified atom stereocenters. The number of rotatable bonds is 1. The van der Waals surface area contributed by atoms with E-state index in [1.807, 2.05) is 0 Å². The van der Waals surface area contributed by atoms with Gasteiger partial charge in [0.25, 0.3) is 0 Å². The normalized spacial score (nSPS) is 26.8. The van der Waals surface area contributed by atoms with E-state index in [4.69, 9.17) is 9.47 Å². The number of ether oxygens (including phenoxy) is 2. The number of fused-ring (bicyclic) bond motifs is 2. The Morgan fingerprint density at radius 1 is 1.13 bits per heavy atom. The van der Waals surface area contributed by atoms with E-state index in [2.05, 4.69) is 26.0 Å². The van der Waals surface area contributed by atoms with E-state index in [1.165, 1.54) is 11.1 Å². The van der Waals surface area contributed by atoms with Gasteiger partial charge in [-0.15, -0.1) is 0 Å². The molecule has 15 heavy (non-hydrogen) atoms. The number of benzene rings is 1. The van der Waals surface area contributed by atoms with E-state index in [-0.39, 0.29) is 0 Å². The summed E-state index contributed by atoms with van der Waals surface area (Å²) < 4.78 is 11.6. The molecule has 2 atom stereocenters. The van der Waals surface area contributed by atoms with E-state index in [0.717, 1.165) is 30.8 Å². The Morgan fingerprint density at radius 3 is 2.53 bits per heavy atom. The maximum Gasteiger partial charge on any atom is 0.123 e. The highest BCUT2D eigenvalue weighted by atomic mass is 16.5. The average Bonchev–Trinajstić information content (AvgIpc) is 2.74. The van der Waals surface area contributed by atoms with Gasteiger partial charge in [-0.3, -0.25) is 0 Å². The van der Waals surface area contributed by atoms with Crippen LogP contribution in [-0.2, 0) is 12.8 Å². The van der Waals surface area contributed by atoms with Crippen molar-refractivity contribution in [1.82, 2.24) is 0 Å². The molecule has 0 saturated heterocycles. The second-order valence-corrected chi connectivity index (χ2v) is 4.55. The standard InChI is InChI=1S/C13H16O2/c1-3-11-5-10-7-12-9(4-8(2)14-12)6-13(10)15-11/h6-8,11H,3-5H2,1-2H3. The molecule has 0 fully saturated rings. The molecule has 2 aliphatic heterocycles. The lowest BCUT2D eigenvalue weighted by Crippen LogP contribution is -2.10. The molecule has 0 aliphatic carbocycles. The van der Waals surface area contributed by atoms with Gasteiger partial charge in [0, 0.05) is 24.0 Å². The second-order valence-electron chi connectivity index (χ2n) is 4.55. The van der Waals surface area contributed by atoms with Crippen molar-refractivity contribution < 1.29 is 9.47 Å². The highest BCUT2D eigenvalue weighted by molar-refractivity contribution is 5.50. The molecule has 0 aromatic heterocycles. The van der Waals surface area contributed by atoms with Gasteiger partial charge in [-0.25, -0.2) is 0 Å². The van der Waals surface area contributed by atoms with Crippen LogP contribution in [0.4, 0.5) is 0 Å². The highest BCUT2D eigenvalue weighted by Gasteiger charge is 2.27. The van der Waals surface area contributed by atoms with Crippen LogP contribution in [0.1, 0.15) is 31.4 Å². The van der Waals surface area contributed by atoms with E-state index in [9.17, 15) is 0 Å². The van der Waals surface area contributed by atoms with Gasteiger partial charge in [0.15, 0.2) is 0 Å². The molecule has 80 valence electrons. The summed E-state index contributed by atoms with van der Waals surface area (Å²) in [6.45, 7) is 4.28. The molecule has 3 rings (SSSR count). The summed E-state index contributed by atoms with van der Waals surface area (Å²) in [5.74, 6) is 2.15. The molecule has 0 bridgehead atoms. The largest absolute Gasteiger partial charge is 0.490 e. The van der Waals surface area contributed by atoms with Crippen molar-refractivity contribution in [3.05, 3.63) is 23.3 Å². The van der Waals surface area contributed by atoms with Crippen molar-refractivity contribution in [3.63, 3.8) is 0 Å². The van der Waals surface area contributed by atoms with Gasteiger partial charge in [0.05, 0.1) is 0 Å². The summed E-state index contributed by atoms with van der Waals surface area (Å²) in [5.41, 5.74) is 2.62. The third-order valence-electron chi connectivity index (χ3n) is 3.28.